The van der Waals surface area contributed by atoms with Gasteiger partial charge in [0.2, 0.25) is 0 Å². The van der Waals surface area contributed by atoms with Crippen LogP contribution in [0.4, 0.5) is 0 Å². The molecular weight excluding hydrogens is 184 g/mol. The lowest BCUT2D eigenvalue weighted by atomic mass is 9.87. The van der Waals surface area contributed by atoms with Crippen LogP contribution < -0.4 is 0 Å². The topological polar surface area (TPSA) is 17.8 Å². The SMILES string of the molecule is CCn1cnc2ccc(C(C)(C)C)cc21. The molecule has 2 nitrogen and oxygen atoms in total. The van der Waals surface area contributed by atoms with Crippen molar-refractivity contribution in [3.63, 3.8) is 0 Å². The quantitative estimate of drug-likeness (QED) is 0.693. The van der Waals surface area contributed by atoms with Crippen LogP contribution >= 0.6 is 0 Å². The maximum atomic E-state index is 4.38. The number of imidazole rings is 1. The monoisotopic (exact) mass is 202 g/mol. The summed E-state index contributed by atoms with van der Waals surface area (Å²) in [5, 5.41) is 0. The molecule has 0 amide bonds. The van der Waals surface area contributed by atoms with E-state index in [2.05, 4.69) is 55.4 Å². The number of fused-ring (bicyclic) bond motifs is 1. The van der Waals surface area contributed by atoms with Gasteiger partial charge < -0.3 is 4.57 Å². The molecule has 0 saturated heterocycles. The highest BCUT2D eigenvalue weighted by atomic mass is 15.0. The predicted molar refractivity (Wildman–Crippen MR) is 64.1 cm³/mol. The second-order valence-corrected chi connectivity index (χ2v) is 4.98. The van der Waals surface area contributed by atoms with E-state index in [1.165, 1.54) is 11.1 Å². The molecule has 0 aliphatic rings. The van der Waals surface area contributed by atoms with E-state index in [0.717, 1.165) is 12.1 Å². The van der Waals surface area contributed by atoms with Crippen LogP contribution in [-0.2, 0) is 12.0 Å². The molecule has 80 valence electrons. The van der Waals surface area contributed by atoms with Gasteiger partial charge in [-0.2, -0.15) is 0 Å². The Labute approximate surface area is 90.9 Å². The van der Waals surface area contributed by atoms with E-state index >= 15 is 0 Å². The van der Waals surface area contributed by atoms with E-state index in [1.54, 1.807) is 0 Å². The first-order valence-electron chi connectivity index (χ1n) is 5.47. The van der Waals surface area contributed by atoms with Gasteiger partial charge in [0.15, 0.2) is 0 Å². The van der Waals surface area contributed by atoms with E-state index in [9.17, 15) is 0 Å². The molecule has 2 rings (SSSR count). The Balaban J connectivity index is 2.63. The van der Waals surface area contributed by atoms with E-state index in [-0.39, 0.29) is 5.41 Å². The highest BCUT2D eigenvalue weighted by Crippen LogP contribution is 2.25. The molecule has 0 unspecified atom stereocenters. The van der Waals surface area contributed by atoms with Gasteiger partial charge in [-0.1, -0.05) is 26.8 Å². The van der Waals surface area contributed by atoms with E-state index in [4.69, 9.17) is 0 Å². The predicted octanol–water partition coefficient (Wildman–Crippen LogP) is 3.35. The van der Waals surface area contributed by atoms with Crippen molar-refractivity contribution < 1.29 is 0 Å². The third kappa shape index (κ3) is 1.76. The second-order valence-electron chi connectivity index (χ2n) is 4.98. The summed E-state index contributed by atoms with van der Waals surface area (Å²) in [6, 6.07) is 6.54. The van der Waals surface area contributed by atoms with Crippen molar-refractivity contribution >= 4 is 11.0 Å². The standard InChI is InChI=1S/C13H18N2/c1-5-15-9-14-11-7-6-10(8-12(11)15)13(2,3)4/h6-9H,5H2,1-4H3. The molecule has 0 aliphatic carbocycles. The fourth-order valence-corrected chi connectivity index (χ4v) is 1.78. The lowest BCUT2D eigenvalue weighted by Crippen LogP contribution is -2.10. The van der Waals surface area contributed by atoms with Crippen LogP contribution in [0.3, 0.4) is 0 Å². The normalized spacial score (nSPS) is 12.3. The molecule has 0 aliphatic heterocycles. The average molecular weight is 202 g/mol. The first-order chi connectivity index (χ1) is 7.02. The molecule has 2 aromatic rings. The molecule has 1 heterocycles. The summed E-state index contributed by atoms with van der Waals surface area (Å²) in [6.07, 6.45) is 1.91. The molecule has 0 saturated carbocycles. The first-order valence-corrected chi connectivity index (χ1v) is 5.47. The van der Waals surface area contributed by atoms with Crippen LogP contribution in [0.1, 0.15) is 33.3 Å². The van der Waals surface area contributed by atoms with Gasteiger partial charge in [-0.05, 0) is 30.0 Å². The van der Waals surface area contributed by atoms with Crippen molar-refractivity contribution in [1.29, 1.82) is 0 Å². The Kier molecular flexibility index (Phi) is 2.29. The van der Waals surface area contributed by atoms with Crippen molar-refractivity contribution in [3.8, 4) is 0 Å². The van der Waals surface area contributed by atoms with E-state index in [0.29, 0.717) is 0 Å². The Hall–Kier alpha value is -1.31. The zero-order chi connectivity index (χ0) is 11.1. The zero-order valence-corrected chi connectivity index (χ0v) is 9.91. The number of hydrogen-bond donors (Lipinski definition) is 0. The second kappa shape index (κ2) is 3.37. The number of rotatable bonds is 1. The van der Waals surface area contributed by atoms with Crippen LogP contribution in [0.25, 0.3) is 11.0 Å². The largest absolute Gasteiger partial charge is 0.331 e. The van der Waals surface area contributed by atoms with E-state index in [1.807, 2.05) is 6.33 Å². The van der Waals surface area contributed by atoms with Crippen LogP contribution in [0, 0.1) is 0 Å². The first kappa shape index (κ1) is 10.2. The number of aromatic nitrogens is 2. The lowest BCUT2D eigenvalue weighted by Gasteiger charge is -2.19. The number of aryl methyl sites for hydroxylation is 1. The summed E-state index contributed by atoms with van der Waals surface area (Å²) in [4.78, 5) is 4.38. The molecule has 0 fully saturated rings. The van der Waals surface area contributed by atoms with Crippen molar-refractivity contribution in [2.45, 2.75) is 39.7 Å². The summed E-state index contributed by atoms with van der Waals surface area (Å²) in [7, 11) is 0. The highest BCUT2D eigenvalue weighted by molar-refractivity contribution is 5.76. The van der Waals surface area contributed by atoms with Gasteiger partial charge in [0.25, 0.3) is 0 Å². The summed E-state index contributed by atoms with van der Waals surface area (Å²) >= 11 is 0. The van der Waals surface area contributed by atoms with Crippen LogP contribution in [0.2, 0.25) is 0 Å². The summed E-state index contributed by atoms with van der Waals surface area (Å²) in [5.41, 5.74) is 3.90. The molecule has 0 atom stereocenters. The molecule has 2 heteroatoms. The Bertz CT molecular complexity index is 475. The van der Waals surface area contributed by atoms with Gasteiger partial charge >= 0.3 is 0 Å². The van der Waals surface area contributed by atoms with Crippen LogP contribution in [0.5, 0.6) is 0 Å². The fraction of sp³-hybridized carbons (Fsp3) is 0.462. The van der Waals surface area contributed by atoms with Gasteiger partial charge in [-0.3, -0.25) is 0 Å². The molecule has 1 aromatic carbocycles. The Morgan fingerprint density at radius 3 is 2.60 bits per heavy atom. The Morgan fingerprint density at radius 1 is 1.27 bits per heavy atom. The van der Waals surface area contributed by atoms with Gasteiger partial charge in [0.05, 0.1) is 17.4 Å². The molecule has 15 heavy (non-hydrogen) atoms. The summed E-state index contributed by atoms with van der Waals surface area (Å²) < 4.78 is 2.19. The van der Waals surface area contributed by atoms with Crippen molar-refractivity contribution in [2.24, 2.45) is 0 Å². The van der Waals surface area contributed by atoms with Crippen LogP contribution in [0.15, 0.2) is 24.5 Å². The zero-order valence-electron chi connectivity index (χ0n) is 9.91. The molecule has 0 N–H and O–H groups in total. The number of nitrogens with zero attached hydrogens (tertiary/aromatic N) is 2. The summed E-state index contributed by atoms with van der Waals surface area (Å²) in [5.74, 6) is 0. The third-order valence-electron chi connectivity index (χ3n) is 2.83. The molecule has 1 aromatic heterocycles. The van der Waals surface area contributed by atoms with Crippen molar-refractivity contribution in [3.05, 3.63) is 30.1 Å². The van der Waals surface area contributed by atoms with Crippen molar-refractivity contribution in [1.82, 2.24) is 9.55 Å². The molecular formula is C13H18N2. The molecule has 0 spiro atoms. The van der Waals surface area contributed by atoms with Crippen molar-refractivity contribution in [2.75, 3.05) is 0 Å². The maximum Gasteiger partial charge on any atom is 0.0958 e. The average Bonchev–Trinajstić information content (AvgIpc) is 2.57. The smallest absolute Gasteiger partial charge is 0.0958 e. The minimum absolute atomic E-state index is 0.205. The molecule has 0 bridgehead atoms. The van der Waals surface area contributed by atoms with E-state index < -0.39 is 0 Å². The van der Waals surface area contributed by atoms with Gasteiger partial charge in [0, 0.05) is 6.54 Å². The molecule has 0 radical (unpaired) electrons. The van der Waals surface area contributed by atoms with Crippen LogP contribution in [-0.4, -0.2) is 9.55 Å². The Morgan fingerprint density at radius 2 is 2.00 bits per heavy atom. The summed E-state index contributed by atoms with van der Waals surface area (Å²) in [6.45, 7) is 9.83. The third-order valence-corrected chi connectivity index (χ3v) is 2.83. The number of benzene rings is 1. The van der Waals surface area contributed by atoms with Gasteiger partial charge in [0.1, 0.15) is 0 Å². The minimum Gasteiger partial charge on any atom is -0.331 e. The maximum absolute atomic E-state index is 4.38. The number of hydrogen-bond acceptors (Lipinski definition) is 1. The highest BCUT2D eigenvalue weighted by Gasteiger charge is 2.14. The van der Waals surface area contributed by atoms with Gasteiger partial charge in [-0.15, -0.1) is 0 Å². The fourth-order valence-electron chi connectivity index (χ4n) is 1.78. The van der Waals surface area contributed by atoms with Gasteiger partial charge in [-0.25, -0.2) is 4.98 Å². The lowest BCUT2D eigenvalue weighted by molar-refractivity contribution is 0.590. The minimum atomic E-state index is 0.205.